The molecule has 0 spiro atoms. The van der Waals surface area contributed by atoms with Gasteiger partial charge in [-0.1, -0.05) is 41.9 Å². The minimum Gasteiger partial charge on any atom is -0.486 e. The van der Waals surface area contributed by atoms with Crippen LogP contribution in [0.1, 0.15) is 73.4 Å². The van der Waals surface area contributed by atoms with Crippen molar-refractivity contribution < 1.29 is 40.2 Å². The number of alkyl halides is 3. The van der Waals surface area contributed by atoms with Gasteiger partial charge in [-0.05, 0) is 93.1 Å². The van der Waals surface area contributed by atoms with Gasteiger partial charge in [0.1, 0.15) is 12.4 Å². The summed E-state index contributed by atoms with van der Waals surface area (Å²) in [6, 6.07) is 16.9. The Hall–Kier alpha value is -4.93. The first kappa shape index (κ1) is 41.7. The van der Waals surface area contributed by atoms with Crippen LogP contribution in [-0.4, -0.2) is 60.7 Å². The van der Waals surface area contributed by atoms with Gasteiger partial charge in [0.15, 0.2) is 23.5 Å². The quantitative estimate of drug-likeness (QED) is 0.120. The number of nitrogens with zero attached hydrogens (tertiary/aromatic N) is 4. The highest BCUT2D eigenvalue weighted by atomic mass is 35.5. The van der Waals surface area contributed by atoms with Gasteiger partial charge in [0.2, 0.25) is 10.0 Å². The van der Waals surface area contributed by atoms with Crippen molar-refractivity contribution in [2.45, 2.75) is 77.5 Å². The topological polar surface area (TPSA) is 128 Å². The molecule has 6 rings (SSSR count). The molecule has 2 N–H and O–H groups in total. The van der Waals surface area contributed by atoms with Gasteiger partial charge in [0, 0.05) is 36.3 Å². The number of carbonyl (C=O) groups excluding carboxylic acids is 1. The number of benzene rings is 3. The number of hydrogen-bond acceptors (Lipinski definition) is 8. The predicted octanol–water partition coefficient (Wildman–Crippen LogP) is 8.81. The highest BCUT2D eigenvalue weighted by Crippen LogP contribution is 2.39. The normalized spacial score (nSPS) is 15.1. The first-order chi connectivity index (χ1) is 26.8. The molecule has 1 fully saturated rings. The van der Waals surface area contributed by atoms with Crippen molar-refractivity contribution in [3.05, 3.63) is 100.0 Å². The van der Waals surface area contributed by atoms with E-state index in [0.717, 1.165) is 35.5 Å². The molecule has 5 aromatic rings. The van der Waals surface area contributed by atoms with Crippen LogP contribution < -0.4 is 19.7 Å². The third-order valence-electron chi connectivity index (χ3n) is 9.21. The number of rotatable bonds is 12. The van der Waals surface area contributed by atoms with E-state index in [9.17, 15) is 26.4 Å². The molecule has 1 aliphatic heterocycles. The molecule has 3 heterocycles. The zero-order valence-corrected chi connectivity index (χ0v) is 33.6. The molecule has 11 nitrogen and oxygen atoms in total. The molecular weight excluding hydrogens is 788 g/mol. The Labute approximate surface area is 333 Å². The fourth-order valence-corrected chi connectivity index (χ4v) is 7.25. The summed E-state index contributed by atoms with van der Waals surface area (Å²) in [4.78, 5) is 18.7. The van der Waals surface area contributed by atoms with E-state index in [0.29, 0.717) is 34.9 Å². The lowest BCUT2D eigenvalue weighted by Crippen LogP contribution is -2.41. The van der Waals surface area contributed by atoms with Crippen molar-refractivity contribution in [2.24, 2.45) is 0 Å². The number of halogens is 5. The highest BCUT2D eigenvalue weighted by Gasteiger charge is 2.33. The van der Waals surface area contributed by atoms with Crippen LogP contribution in [0.15, 0.2) is 66.7 Å². The molecule has 57 heavy (non-hydrogen) atoms. The van der Waals surface area contributed by atoms with Gasteiger partial charge in [0.05, 0.1) is 35.0 Å². The number of anilines is 2. The van der Waals surface area contributed by atoms with Crippen LogP contribution in [0.4, 0.5) is 29.1 Å². The summed E-state index contributed by atoms with van der Waals surface area (Å²) in [5.74, 6) is -1.82. The Morgan fingerprint density at radius 1 is 1.05 bits per heavy atom. The predicted molar refractivity (Wildman–Crippen MR) is 212 cm³/mol. The molecule has 2 aromatic heterocycles. The van der Waals surface area contributed by atoms with Crippen molar-refractivity contribution in [1.29, 1.82) is 0 Å². The number of carbonyl (C=O) groups is 1. The number of nitrogens with one attached hydrogen (secondary N) is 2. The Kier molecular flexibility index (Phi) is 12.1. The fourth-order valence-electron chi connectivity index (χ4n) is 6.52. The van der Waals surface area contributed by atoms with Crippen LogP contribution in [0, 0.1) is 5.82 Å². The SMILES string of the molecule is CN(c1ccc(Cl)cc1CNc1nc(-c2cc(F)c(OCc3ccccc3)cc2CC(F)(F)F)cc2c1c(C(=O)NC(C)(C)C)nn2C1CCCCO1)S(C)(=O)=O. The third-order valence-corrected chi connectivity index (χ3v) is 10.6. The van der Waals surface area contributed by atoms with Gasteiger partial charge in [-0.3, -0.25) is 9.10 Å². The number of hydrogen-bond donors (Lipinski definition) is 2. The standard InChI is InChI=1S/C40H43ClF4N6O5S/c1-39(2,3)48-38(52)36-35-32(51(49-36)34-13-9-10-16-55-34)20-30(47-37(35)46-22-26-17-27(41)14-15-31(26)50(4)57(5,53)54)28-19-29(42)33(18-25(28)21-40(43,44)45)56-23-24-11-7-6-8-12-24/h6-8,11-12,14-15,17-20,34H,9-10,13,16,21-23H2,1-5H3,(H,46,47)(H,48,52). The Balaban J connectivity index is 1.56. The molecule has 1 atom stereocenters. The summed E-state index contributed by atoms with van der Waals surface area (Å²) in [6.45, 7) is 5.62. The Morgan fingerprint density at radius 3 is 2.44 bits per heavy atom. The fraction of sp³-hybridized carbons (Fsp3) is 0.375. The summed E-state index contributed by atoms with van der Waals surface area (Å²) in [5, 5.41) is 11.4. The summed E-state index contributed by atoms with van der Waals surface area (Å²) in [7, 11) is -2.33. The zero-order valence-electron chi connectivity index (χ0n) is 32.0. The van der Waals surface area contributed by atoms with Crippen LogP contribution in [0.5, 0.6) is 5.75 Å². The molecule has 0 aliphatic carbocycles. The van der Waals surface area contributed by atoms with Crippen molar-refractivity contribution in [3.8, 4) is 17.0 Å². The Morgan fingerprint density at radius 2 is 1.79 bits per heavy atom. The van der Waals surface area contributed by atoms with Crippen molar-refractivity contribution in [2.75, 3.05) is 29.5 Å². The van der Waals surface area contributed by atoms with Gasteiger partial charge in [-0.15, -0.1) is 0 Å². The number of aromatic nitrogens is 3. The number of fused-ring (bicyclic) bond motifs is 1. The highest BCUT2D eigenvalue weighted by molar-refractivity contribution is 7.92. The Bertz CT molecular complexity index is 2380. The van der Waals surface area contributed by atoms with Crippen molar-refractivity contribution in [3.63, 3.8) is 0 Å². The summed E-state index contributed by atoms with van der Waals surface area (Å²) in [6.07, 6.45) is -3.60. The van der Waals surface area contributed by atoms with E-state index < -0.39 is 46.1 Å². The second-order valence-corrected chi connectivity index (χ2v) is 17.4. The van der Waals surface area contributed by atoms with E-state index in [1.54, 1.807) is 57.2 Å². The summed E-state index contributed by atoms with van der Waals surface area (Å²) >= 11 is 6.36. The van der Waals surface area contributed by atoms with Crippen LogP contribution in [-0.2, 0) is 34.3 Å². The number of sulfonamides is 1. The maximum Gasteiger partial charge on any atom is 0.393 e. The lowest BCUT2D eigenvalue weighted by molar-refractivity contribution is -0.127. The second-order valence-electron chi connectivity index (χ2n) is 14.9. The van der Waals surface area contributed by atoms with Gasteiger partial charge in [-0.2, -0.15) is 18.3 Å². The molecular formula is C40H43ClF4N6O5S. The molecule has 3 aromatic carbocycles. The minimum atomic E-state index is -4.70. The summed E-state index contributed by atoms with van der Waals surface area (Å²) in [5.41, 5.74) is 0.436. The lowest BCUT2D eigenvalue weighted by atomic mass is 9.99. The van der Waals surface area contributed by atoms with Gasteiger partial charge < -0.3 is 20.1 Å². The molecule has 1 aliphatic rings. The molecule has 1 amide bonds. The number of ether oxygens (including phenoxy) is 2. The van der Waals surface area contributed by atoms with Crippen LogP contribution in [0.25, 0.3) is 22.2 Å². The zero-order chi connectivity index (χ0) is 41.3. The largest absolute Gasteiger partial charge is 0.486 e. The summed E-state index contributed by atoms with van der Waals surface area (Å²) < 4.78 is 98.1. The average molecular weight is 831 g/mol. The number of amides is 1. The van der Waals surface area contributed by atoms with Crippen LogP contribution >= 0.6 is 11.6 Å². The molecule has 17 heteroatoms. The van der Waals surface area contributed by atoms with E-state index in [1.807, 2.05) is 0 Å². The van der Waals surface area contributed by atoms with Crippen LogP contribution in [0.2, 0.25) is 5.02 Å². The first-order valence-electron chi connectivity index (χ1n) is 18.2. The van der Waals surface area contributed by atoms with Gasteiger partial charge >= 0.3 is 6.18 Å². The second kappa shape index (κ2) is 16.5. The van der Waals surface area contributed by atoms with Gasteiger partial charge in [-0.25, -0.2) is 22.5 Å². The molecule has 0 radical (unpaired) electrons. The van der Waals surface area contributed by atoms with Crippen molar-refractivity contribution >= 4 is 49.9 Å². The molecule has 1 saturated heterocycles. The monoisotopic (exact) mass is 830 g/mol. The number of pyridine rings is 1. The molecule has 1 unspecified atom stereocenters. The van der Waals surface area contributed by atoms with E-state index >= 15 is 4.39 Å². The molecule has 304 valence electrons. The van der Waals surface area contributed by atoms with Crippen molar-refractivity contribution in [1.82, 2.24) is 20.1 Å². The maximum atomic E-state index is 15.9. The minimum absolute atomic E-state index is 0.0133. The van der Waals surface area contributed by atoms with E-state index in [1.165, 1.54) is 29.9 Å². The first-order valence-corrected chi connectivity index (χ1v) is 20.4. The van der Waals surface area contributed by atoms with E-state index in [2.05, 4.69) is 10.6 Å². The maximum absolute atomic E-state index is 15.9. The van der Waals surface area contributed by atoms with Gasteiger partial charge in [0.25, 0.3) is 5.91 Å². The van der Waals surface area contributed by atoms with E-state index in [-0.39, 0.29) is 58.1 Å². The van der Waals surface area contributed by atoms with Crippen LogP contribution in [0.3, 0.4) is 0 Å². The smallest absolute Gasteiger partial charge is 0.393 e. The molecule has 0 saturated carbocycles. The third kappa shape index (κ3) is 10.1. The van der Waals surface area contributed by atoms with E-state index in [4.69, 9.17) is 31.2 Å². The lowest BCUT2D eigenvalue weighted by Gasteiger charge is -2.24. The molecule has 0 bridgehead atoms. The average Bonchev–Trinajstić information content (AvgIpc) is 3.53.